The Labute approximate surface area is 79.0 Å². The molecule has 13 heavy (non-hydrogen) atoms. The Bertz CT molecular complexity index is 311. The van der Waals surface area contributed by atoms with Crippen molar-refractivity contribution in [1.82, 2.24) is 0 Å². The molecule has 1 aromatic rings. The van der Waals surface area contributed by atoms with Crippen molar-refractivity contribution in [2.75, 3.05) is 7.11 Å². The van der Waals surface area contributed by atoms with E-state index in [9.17, 15) is 0 Å². The highest BCUT2D eigenvalue weighted by Crippen LogP contribution is 2.31. The van der Waals surface area contributed by atoms with E-state index < -0.39 is 0 Å². The van der Waals surface area contributed by atoms with Crippen molar-refractivity contribution in [3.8, 4) is 5.75 Å². The van der Waals surface area contributed by atoms with Crippen LogP contribution in [0.5, 0.6) is 5.75 Å². The van der Waals surface area contributed by atoms with Crippen molar-refractivity contribution in [2.24, 2.45) is 5.92 Å². The van der Waals surface area contributed by atoms with Crippen LogP contribution in [0.1, 0.15) is 18.4 Å². The first-order valence-electron chi connectivity index (χ1n) is 4.71. The minimum absolute atomic E-state index is 0.824. The molecule has 0 saturated heterocycles. The molecule has 0 aromatic heterocycles. The molecule has 0 aliphatic heterocycles. The van der Waals surface area contributed by atoms with Gasteiger partial charge in [-0.15, -0.1) is 0 Å². The minimum atomic E-state index is 0.824. The van der Waals surface area contributed by atoms with Crippen LogP contribution in [-0.2, 0) is 0 Å². The van der Waals surface area contributed by atoms with Gasteiger partial charge in [0.2, 0.25) is 0 Å². The van der Waals surface area contributed by atoms with Crippen LogP contribution in [0.3, 0.4) is 0 Å². The first kappa shape index (κ1) is 8.36. The number of hydrogen-bond acceptors (Lipinski definition) is 1. The zero-order valence-electron chi connectivity index (χ0n) is 7.86. The Kier molecular flexibility index (Phi) is 2.35. The Morgan fingerprint density at radius 1 is 1.31 bits per heavy atom. The monoisotopic (exact) mass is 174 g/mol. The summed E-state index contributed by atoms with van der Waals surface area (Å²) in [6.07, 6.45) is 7.14. The second-order valence-electron chi connectivity index (χ2n) is 3.44. The molecule has 0 N–H and O–H groups in total. The maximum absolute atomic E-state index is 5.25. The fourth-order valence-corrected chi connectivity index (χ4v) is 1.33. The third-order valence-electron chi connectivity index (χ3n) is 2.31. The number of hydrogen-bond donors (Lipinski definition) is 0. The van der Waals surface area contributed by atoms with Gasteiger partial charge in [-0.05, 0) is 24.8 Å². The second kappa shape index (κ2) is 3.65. The largest absolute Gasteiger partial charge is 0.496 e. The SMILES string of the molecule is COc1ccccc1/C=C/C1CC1. The molecule has 0 heterocycles. The number of ether oxygens (including phenoxy) is 1. The van der Waals surface area contributed by atoms with E-state index in [1.807, 2.05) is 18.2 Å². The molecule has 0 atom stereocenters. The van der Waals surface area contributed by atoms with Gasteiger partial charge >= 0.3 is 0 Å². The van der Waals surface area contributed by atoms with Crippen LogP contribution in [0.4, 0.5) is 0 Å². The number of benzene rings is 1. The zero-order chi connectivity index (χ0) is 9.10. The highest BCUT2D eigenvalue weighted by molar-refractivity contribution is 5.57. The van der Waals surface area contributed by atoms with E-state index in [1.54, 1.807) is 7.11 Å². The van der Waals surface area contributed by atoms with Crippen molar-refractivity contribution in [2.45, 2.75) is 12.8 Å². The van der Waals surface area contributed by atoms with E-state index in [1.165, 1.54) is 18.4 Å². The summed E-state index contributed by atoms with van der Waals surface area (Å²) in [6.45, 7) is 0. The molecule has 1 aliphatic rings. The maximum atomic E-state index is 5.25. The van der Waals surface area contributed by atoms with E-state index in [0.29, 0.717) is 0 Å². The Morgan fingerprint density at radius 3 is 2.77 bits per heavy atom. The molecule has 2 rings (SSSR count). The van der Waals surface area contributed by atoms with Crippen LogP contribution in [-0.4, -0.2) is 7.11 Å². The summed E-state index contributed by atoms with van der Waals surface area (Å²) in [4.78, 5) is 0. The molecular weight excluding hydrogens is 160 g/mol. The number of para-hydroxylation sites is 1. The summed E-state index contributed by atoms with van der Waals surface area (Å²) in [7, 11) is 1.71. The first-order chi connectivity index (χ1) is 6.40. The molecule has 0 unspecified atom stereocenters. The molecule has 0 radical (unpaired) electrons. The highest BCUT2D eigenvalue weighted by Gasteiger charge is 2.17. The second-order valence-corrected chi connectivity index (χ2v) is 3.44. The number of rotatable bonds is 3. The summed E-state index contributed by atoms with van der Waals surface area (Å²) in [6, 6.07) is 8.10. The molecule has 68 valence electrons. The van der Waals surface area contributed by atoms with E-state index in [2.05, 4.69) is 18.2 Å². The maximum Gasteiger partial charge on any atom is 0.126 e. The van der Waals surface area contributed by atoms with Crippen LogP contribution in [0.15, 0.2) is 30.3 Å². The number of methoxy groups -OCH3 is 1. The molecular formula is C12H14O. The van der Waals surface area contributed by atoms with Crippen LogP contribution >= 0.6 is 0 Å². The number of allylic oxidation sites excluding steroid dienone is 1. The van der Waals surface area contributed by atoms with Gasteiger partial charge in [-0.25, -0.2) is 0 Å². The predicted molar refractivity (Wildman–Crippen MR) is 54.8 cm³/mol. The fraction of sp³-hybridized carbons (Fsp3) is 0.333. The Morgan fingerprint density at radius 2 is 2.08 bits per heavy atom. The minimum Gasteiger partial charge on any atom is -0.496 e. The zero-order valence-corrected chi connectivity index (χ0v) is 7.86. The van der Waals surface area contributed by atoms with Gasteiger partial charge in [0.1, 0.15) is 5.75 Å². The smallest absolute Gasteiger partial charge is 0.126 e. The molecule has 0 spiro atoms. The Hall–Kier alpha value is -1.24. The van der Waals surface area contributed by atoms with E-state index >= 15 is 0 Å². The quantitative estimate of drug-likeness (QED) is 0.684. The third kappa shape index (κ3) is 2.11. The van der Waals surface area contributed by atoms with Crippen LogP contribution in [0.25, 0.3) is 6.08 Å². The van der Waals surface area contributed by atoms with Crippen molar-refractivity contribution >= 4 is 6.08 Å². The molecule has 1 heteroatoms. The predicted octanol–water partition coefficient (Wildman–Crippen LogP) is 3.12. The molecule has 0 amide bonds. The van der Waals surface area contributed by atoms with E-state index in [0.717, 1.165) is 11.7 Å². The third-order valence-corrected chi connectivity index (χ3v) is 2.31. The molecule has 0 bridgehead atoms. The molecule has 1 saturated carbocycles. The molecule has 1 fully saturated rings. The lowest BCUT2D eigenvalue weighted by atomic mass is 10.1. The van der Waals surface area contributed by atoms with Crippen molar-refractivity contribution in [3.05, 3.63) is 35.9 Å². The van der Waals surface area contributed by atoms with Crippen LogP contribution in [0, 0.1) is 5.92 Å². The van der Waals surface area contributed by atoms with Crippen molar-refractivity contribution in [3.63, 3.8) is 0 Å². The van der Waals surface area contributed by atoms with Gasteiger partial charge in [-0.3, -0.25) is 0 Å². The van der Waals surface area contributed by atoms with Gasteiger partial charge < -0.3 is 4.74 Å². The van der Waals surface area contributed by atoms with E-state index in [4.69, 9.17) is 4.74 Å². The summed E-state index contributed by atoms with van der Waals surface area (Å²) in [5, 5.41) is 0. The van der Waals surface area contributed by atoms with Gasteiger partial charge in [0.15, 0.2) is 0 Å². The summed E-state index contributed by atoms with van der Waals surface area (Å²) in [5.41, 5.74) is 1.18. The van der Waals surface area contributed by atoms with Gasteiger partial charge in [0.25, 0.3) is 0 Å². The van der Waals surface area contributed by atoms with Crippen molar-refractivity contribution < 1.29 is 4.74 Å². The lowest BCUT2D eigenvalue weighted by Crippen LogP contribution is -1.85. The van der Waals surface area contributed by atoms with Crippen LogP contribution in [0.2, 0.25) is 0 Å². The Balaban J connectivity index is 2.17. The summed E-state index contributed by atoms with van der Waals surface area (Å²) >= 11 is 0. The van der Waals surface area contributed by atoms with Crippen molar-refractivity contribution in [1.29, 1.82) is 0 Å². The van der Waals surface area contributed by atoms with Gasteiger partial charge in [0, 0.05) is 5.56 Å². The molecule has 1 aromatic carbocycles. The van der Waals surface area contributed by atoms with Gasteiger partial charge in [-0.1, -0.05) is 30.4 Å². The van der Waals surface area contributed by atoms with Gasteiger partial charge in [0.05, 0.1) is 7.11 Å². The standard InChI is InChI=1S/C12H14O/c1-13-12-5-3-2-4-11(12)9-8-10-6-7-10/h2-5,8-10H,6-7H2,1H3/b9-8+. The lowest BCUT2D eigenvalue weighted by Gasteiger charge is -2.02. The normalized spacial score (nSPS) is 16.4. The molecule has 1 aliphatic carbocycles. The van der Waals surface area contributed by atoms with Crippen LogP contribution < -0.4 is 4.74 Å². The van der Waals surface area contributed by atoms with Gasteiger partial charge in [-0.2, -0.15) is 0 Å². The lowest BCUT2D eigenvalue weighted by molar-refractivity contribution is 0.414. The molecule has 1 nitrogen and oxygen atoms in total. The average molecular weight is 174 g/mol. The fourth-order valence-electron chi connectivity index (χ4n) is 1.33. The first-order valence-corrected chi connectivity index (χ1v) is 4.71. The van der Waals surface area contributed by atoms with E-state index in [-0.39, 0.29) is 0 Å². The topological polar surface area (TPSA) is 9.23 Å². The highest BCUT2D eigenvalue weighted by atomic mass is 16.5. The average Bonchev–Trinajstić information content (AvgIpc) is 2.99. The summed E-state index contributed by atoms with van der Waals surface area (Å²) < 4.78 is 5.25. The summed E-state index contributed by atoms with van der Waals surface area (Å²) in [5.74, 6) is 1.78.